The highest BCUT2D eigenvalue weighted by Crippen LogP contribution is 1.98. The van der Waals surface area contributed by atoms with Gasteiger partial charge in [-0.1, -0.05) is 0 Å². The van der Waals surface area contributed by atoms with Gasteiger partial charge in [-0.25, -0.2) is 0 Å². The number of guanidine groups is 2. The van der Waals surface area contributed by atoms with Crippen molar-refractivity contribution in [2.45, 2.75) is 6.42 Å². The van der Waals surface area contributed by atoms with Crippen molar-refractivity contribution in [3.05, 3.63) is 24.2 Å². The van der Waals surface area contributed by atoms with Gasteiger partial charge in [0.25, 0.3) is 0 Å². The van der Waals surface area contributed by atoms with Crippen LogP contribution >= 0.6 is 0 Å². The molecule has 0 saturated carbocycles. The van der Waals surface area contributed by atoms with Gasteiger partial charge in [0.05, 0.1) is 6.26 Å². The third-order valence-corrected chi connectivity index (χ3v) is 1.51. The van der Waals surface area contributed by atoms with Crippen molar-refractivity contribution >= 4 is 11.9 Å². The van der Waals surface area contributed by atoms with E-state index < -0.39 is 0 Å². The maximum Gasteiger partial charge on any atom is 0.195 e. The Morgan fingerprint density at radius 2 is 2.29 bits per heavy atom. The predicted octanol–water partition coefficient (Wildman–Crippen LogP) is -0.170. The van der Waals surface area contributed by atoms with Crippen LogP contribution < -0.4 is 16.4 Å². The van der Waals surface area contributed by atoms with Crippen molar-refractivity contribution < 1.29 is 4.42 Å². The van der Waals surface area contributed by atoms with Gasteiger partial charge in [-0.15, -0.1) is 0 Å². The summed E-state index contributed by atoms with van der Waals surface area (Å²) in [5.74, 6) is 0.623. The number of hydrogen-bond acceptors (Lipinski definition) is 3. The summed E-state index contributed by atoms with van der Waals surface area (Å²) in [6, 6.07) is 3.68. The summed E-state index contributed by atoms with van der Waals surface area (Å²) in [7, 11) is 0. The summed E-state index contributed by atoms with van der Waals surface area (Å²) in [6.07, 6.45) is 2.30. The summed E-state index contributed by atoms with van der Waals surface area (Å²) in [5.41, 5.74) is 5.03. The number of rotatable bonds is 3. The fourth-order valence-electron chi connectivity index (χ4n) is 0.944. The molecule has 0 aromatic carbocycles. The summed E-state index contributed by atoms with van der Waals surface area (Å²) in [5, 5.41) is 19.2. The van der Waals surface area contributed by atoms with Crippen LogP contribution in [0.3, 0.4) is 0 Å². The predicted molar refractivity (Wildman–Crippen MR) is 53.2 cm³/mol. The fraction of sp³-hybridized carbons (Fsp3) is 0.250. The van der Waals surface area contributed by atoms with Gasteiger partial charge in [-0.05, 0) is 12.1 Å². The van der Waals surface area contributed by atoms with Crippen molar-refractivity contribution in [1.82, 2.24) is 10.6 Å². The minimum Gasteiger partial charge on any atom is -0.469 e. The van der Waals surface area contributed by atoms with E-state index in [1.165, 1.54) is 0 Å². The molecule has 1 aromatic heterocycles. The highest BCUT2D eigenvalue weighted by atomic mass is 16.3. The van der Waals surface area contributed by atoms with E-state index in [1.54, 1.807) is 6.26 Å². The molecule has 0 aliphatic rings. The van der Waals surface area contributed by atoms with Gasteiger partial charge >= 0.3 is 0 Å². The van der Waals surface area contributed by atoms with E-state index in [0.717, 1.165) is 5.76 Å². The monoisotopic (exact) mass is 195 g/mol. The Labute approximate surface area is 81.5 Å². The van der Waals surface area contributed by atoms with E-state index in [2.05, 4.69) is 10.6 Å². The van der Waals surface area contributed by atoms with Crippen LogP contribution in [0.2, 0.25) is 0 Å². The van der Waals surface area contributed by atoms with Gasteiger partial charge in [0.15, 0.2) is 11.9 Å². The molecule has 0 bridgehead atoms. The molecule has 6 nitrogen and oxygen atoms in total. The lowest BCUT2D eigenvalue weighted by Crippen LogP contribution is -2.43. The quantitative estimate of drug-likeness (QED) is 0.340. The van der Waals surface area contributed by atoms with E-state index in [4.69, 9.17) is 21.0 Å². The van der Waals surface area contributed by atoms with Crippen molar-refractivity contribution in [2.24, 2.45) is 5.73 Å². The zero-order valence-corrected chi connectivity index (χ0v) is 7.63. The highest BCUT2D eigenvalue weighted by Gasteiger charge is 1.97. The summed E-state index contributed by atoms with van der Waals surface area (Å²) >= 11 is 0. The molecule has 6 N–H and O–H groups in total. The standard InChI is InChI=1S/C8H13N5O/c9-7(10)13-8(11)12-4-3-6-2-1-5-14-6/h1-2,5H,3-4H2,(H6,9,10,11,12,13). The molecule has 6 heteroatoms. The van der Waals surface area contributed by atoms with Gasteiger partial charge in [0, 0.05) is 13.0 Å². The topological polar surface area (TPSA) is 111 Å². The first-order valence-electron chi connectivity index (χ1n) is 4.14. The van der Waals surface area contributed by atoms with Gasteiger partial charge in [0.1, 0.15) is 5.76 Å². The van der Waals surface area contributed by atoms with Crippen molar-refractivity contribution in [2.75, 3.05) is 6.54 Å². The summed E-state index contributed by atoms with van der Waals surface area (Å²) < 4.78 is 5.10. The molecule has 76 valence electrons. The van der Waals surface area contributed by atoms with Crippen LogP contribution in [0.1, 0.15) is 5.76 Å². The van der Waals surface area contributed by atoms with Crippen LogP contribution in [0.4, 0.5) is 0 Å². The zero-order valence-electron chi connectivity index (χ0n) is 7.63. The molecule has 0 atom stereocenters. The van der Waals surface area contributed by atoms with Crippen molar-refractivity contribution in [1.29, 1.82) is 10.8 Å². The van der Waals surface area contributed by atoms with Crippen LogP contribution in [-0.2, 0) is 6.42 Å². The van der Waals surface area contributed by atoms with Gasteiger partial charge in [-0.2, -0.15) is 0 Å². The lowest BCUT2D eigenvalue weighted by molar-refractivity contribution is 0.507. The van der Waals surface area contributed by atoms with E-state index in [9.17, 15) is 0 Å². The normalized spacial score (nSPS) is 9.43. The molecule has 0 radical (unpaired) electrons. The Morgan fingerprint density at radius 1 is 1.50 bits per heavy atom. The Morgan fingerprint density at radius 3 is 2.86 bits per heavy atom. The number of nitrogens with one attached hydrogen (secondary N) is 4. The first-order chi connectivity index (χ1) is 6.68. The molecular weight excluding hydrogens is 182 g/mol. The molecule has 0 amide bonds. The third-order valence-electron chi connectivity index (χ3n) is 1.51. The second-order valence-corrected chi connectivity index (χ2v) is 2.67. The molecule has 0 fully saturated rings. The fourth-order valence-corrected chi connectivity index (χ4v) is 0.944. The smallest absolute Gasteiger partial charge is 0.195 e. The van der Waals surface area contributed by atoms with Gasteiger partial charge < -0.3 is 15.5 Å². The molecule has 0 aliphatic heterocycles. The third kappa shape index (κ3) is 3.61. The highest BCUT2D eigenvalue weighted by molar-refractivity contribution is 5.94. The molecule has 0 aliphatic carbocycles. The van der Waals surface area contributed by atoms with Gasteiger partial charge in [0.2, 0.25) is 0 Å². The first-order valence-corrected chi connectivity index (χ1v) is 4.14. The average molecular weight is 195 g/mol. The van der Waals surface area contributed by atoms with Crippen molar-refractivity contribution in [3.63, 3.8) is 0 Å². The number of furan rings is 1. The summed E-state index contributed by atoms with van der Waals surface area (Å²) in [4.78, 5) is 0. The van der Waals surface area contributed by atoms with E-state index in [1.807, 2.05) is 12.1 Å². The second kappa shape index (κ2) is 4.90. The first kappa shape index (κ1) is 10.1. The zero-order chi connectivity index (χ0) is 10.4. The minimum atomic E-state index is -0.250. The van der Waals surface area contributed by atoms with Crippen LogP contribution in [0.5, 0.6) is 0 Å². The Bertz CT molecular complexity index is 306. The summed E-state index contributed by atoms with van der Waals surface area (Å²) in [6.45, 7) is 0.562. The molecule has 0 saturated heterocycles. The van der Waals surface area contributed by atoms with Crippen LogP contribution in [-0.4, -0.2) is 18.5 Å². The average Bonchev–Trinajstić information content (AvgIpc) is 2.55. The van der Waals surface area contributed by atoms with E-state index in [0.29, 0.717) is 13.0 Å². The minimum absolute atomic E-state index is 0.0176. The lowest BCUT2D eigenvalue weighted by Gasteiger charge is -2.07. The lowest BCUT2D eigenvalue weighted by atomic mass is 10.3. The van der Waals surface area contributed by atoms with Crippen LogP contribution in [0.25, 0.3) is 0 Å². The second-order valence-electron chi connectivity index (χ2n) is 2.67. The molecule has 1 heterocycles. The van der Waals surface area contributed by atoms with Crippen LogP contribution in [0.15, 0.2) is 22.8 Å². The SMILES string of the molecule is N=C(N)NC(=N)NCCc1ccco1. The molecular formula is C8H13N5O. The van der Waals surface area contributed by atoms with E-state index in [-0.39, 0.29) is 11.9 Å². The Balaban J connectivity index is 2.15. The maximum absolute atomic E-state index is 7.27. The molecule has 0 spiro atoms. The molecule has 14 heavy (non-hydrogen) atoms. The van der Waals surface area contributed by atoms with Gasteiger partial charge in [-0.3, -0.25) is 16.1 Å². The van der Waals surface area contributed by atoms with Crippen molar-refractivity contribution in [3.8, 4) is 0 Å². The molecule has 1 aromatic rings. The molecule has 1 rings (SSSR count). The molecule has 0 unspecified atom stereocenters. The largest absolute Gasteiger partial charge is 0.469 e. The Hall–Kier alpha value is -1.98. The number of hydrogen-bond donors (Lipinski definition) is 5. The maximum atomic E-state index is 7.27. The van der Waals surface area contributed by atoms with Crippen LogP contribution in [0, 0.1) is 10.8 Å². The number of nitrogens with two attached hydrogens (primary N) is 1. The Kier molecular flexibility index (Phi) is 3.54. The van der Waals surface area contributed by atoms with E-state index >= 15 is 0 Å².